The fraction of sp³-hybridized carbons (Fsp3) is 0.652. The molecule has 2 aliphatic carbocycles. The number of esters is 1. The van der Waals surface area contributed by atoms with Crippen molar-refractivity contribution in [2.75, 3.05) is 13.2 Å². The van der Waals surface area contributed by atoms with E-state index in [-0.39, 0.29) is 43.7 Å². The van der Waals surface area contributed by atoms with Gasteiger partial charge in [-0.05, 0) is 73.5 Å². The number of rotatable bonds is 10. The van der Waals surface area contributed by atoms with Crippen LogP contribution >= 0.6 is 0 Å². The molecule has 0 heterocycles. The molecule has 0 radical (unpaired) electrons. The maximum Gasteiger partial charge on any atom is 0.341 e. The lowest BCUT2D eigenvalue weighted by Crippen LogP contribution is -2.30. The molecule has 3 rings (SSSR count). The van der Waals surface area contributed by atoms with Gasteiger partial charge in [-0.2, -0.15) is 0 Å². The smallest absolute Gasteiger partial charge is 0.341 e. The first-order chi connectivity index (χ1) is 14.4. The molecule has 0 spiro atoms. The van der Waals surface area contributed by atoms with Crippen LogP contribution in [0.3, 0.4) is 0 Å². The summed E-state index contributed by atoms with van der Waals surface area (Å²) in [4.78, 5) is 23.0. The fourth-order valence-corrected chi connectivity index (χ4v) is 5.09. The highest BCUT2D eigenvalue weighted by Gasteiger charge is 2.47. The summed E-state index contributed by atoms with van der Waals surface area (Å²) >= 11 is 0. The van der Waals surface area contributed by atoms with Crippen molar-refractivity contribution in [1.29, 1.82) is 0 Å². The zero-order valence-electron chi connectivity index (χ0n) is 17.5. The third kappa shape index (κ3) is 5.32. The lowest BCUT2D eigenvalue weighted by atomic mass is 9.73. The van der Waals surface area contributed by atoms with Gasteiger partial charge < -0.3 is 24.8 Å². The number of carboxylic acids is 1. The second-order valence-electron chi connectivity index (χ2n) is 8.45. The topological polar surface area (TPSA) is 113 Å². The van der Waals surface area contributed by atoms with Crippen LogP contribution < -0.4 is 4.74 Å². The minimum atomic E-state index is -1.01. The Morgan fingerprint density at radius 3 is 2.77 bits per heavy atom. The van der Waals surface area contributed by atoms with Gasteiger partial charge in [-0.25, -0.2) is 4.79 Å². The highest BCUT2D eigenvalue weighted by molar-refractivity contribution is 5.69. The summed E-state index contributed by atoms with van der Waals surface area (Å²) in [6.07, 6.45) is 3.89. The van der Waals surface area contributed by atoms with E-state index in [1.807, 2.05) is 19.1 Å². The number of aliphatic hydroxyl groups excluding tert-OH is 2. The van der Waals surface area contributed by atoms with Gasteiger partial charge in [0.2, 0.25) is 0 Å². The molecule has 7 nitrogen and oxygen atoms in total. The molecule has 0 aliphatic heterocycles. The number of aliphatic hydroxyl groups is 2. The Balaban J connectivity index is 1.78. The Bertz CT molecular complexity index is 747. The van der Waals surface area contributed by atoms with Crippen LogP contribution in [-0.2, 0) is 27.2 Å². The molecule has 0 bridgehead atoms. The van der Waals surface area contributed by atoms with Crippen molar-refractivity contribution in [1.82, 2.24) is 0 Å². The van der Waals surface area contributed by atoms with Gasteiger partial charge in [0, 0.05) is 0 Å². The van der Waals surface area contributed by atoms with E-state index < -0.39 is 5.97 Å². The van der Waals surface area contributed by atoms with Gasteiger partial charge in [-0.15, -0.1) is 0 Å². The summed E-state index contributed by atoms with van der Waals surface area (Å²) in [5, 5.41) is 28.0. The summed E-state index contributed by atoms with van der Waals surface area (Å²) in [6.45, 7) is 1.35. The number of carbonyl (C=O) groups is 2. The number of hydrogen-bond acceptors (Lipinski definition) is 6. The van der Waals surface area contributed by atoms with Crippen LogP contribution in [-0.4, -0.2) is 52.7 Å². The molecule has 0 amide bonds. The number of benzene rings is 1. The van der Waals surface area contributed by atoms with Crippen molar-refractivity contribution < 1.29 is 34.4 Å². The number of fused-ring (bicyclic) bond motifs is 2. The number of hydrogen-bond donors (Lipinski definition) is 3. The van der Waals surface area contributed by atoms with Crippen molar-refractivity contribution in [3.05, 3.63) is 29.3 Å². The zero-order valence-corrected chi connectivity index (χ0v) is 17.5. The average Bonchev–Trinajstić information content (AvgIpc) is 3.04. The number of carbonyl (C=O) groups excluding carboxylic acids is 1. The Kier molecular flexibility index (Phi) is 7.72. The fourth-order valence-electron chi connectivity index (χ4n) is 5.09. The Labute approximate surface area is 177 Å². The van der Waals surface area contributed by atoms with Crippen LogP contribution in [0.5, 0.6) is 5.75 Å². The first kappa shape index (κ1) is 22.6. The van der Waals surface area contributed by atoms with E-state index in [9.17, 15) is 14.7 Å². The molecule has 2 aliphatic rings. The van der Waals surface area contributed by atoms with E-state index in [4.69, 9.17) is 19.7 Å². The van der Waals surface area contributed by atoms with E-state index in [2.05, 4.69) is 6.07 Å². The summed E-state index contributed by atoms with van der Waals surface area (Å²) in [6, 6.07) is 5.76. The van der Waals surface area contributed by atoms with Crippen molar-refractivity contribution in [2.45, 2.75) is 64.1 Å². The van der Waals surface area contributed by atoms with Crippen LogP contribution in [0.15, 0.2) is 18.2 Å². The third-order valence-corrected chi connectivity index (χ3v) is 6.57. The summed E-state index contributed by atoms with van der Waals surface area (Å²) < 4.78 is 11.3. The Morgan fingerprint density at radius 1 is 1.27 bits per heavy atom. The van der Waals surface area contributed by atoms with Crippen molar-refractivity contribution in [3.8, 4) is 5.75 Å². The molecule has 5 atom stereocenters. The first-order valence-corrected chi connectivity index (χ1v) is 10.9. The van der Waals surface area contributed by atoms with Crippen LogP contribution in [0.25, 0.3) is 0 Å². The maximum atomic E-state index is 12.1. The SMILES string of the molecule is CC[C@H](O)CC[C@@H]1[C@H]2Cc3cccc(OCC(=O)O)c3C[C@H]2C[C@H]1OC(=O)CCO. The second kappa shape index (κ2) is 10.3. The predicted molar refractivity (Wildman–Crippen MR) is 109 cm³/mol. The van der Waals surface area contributed by atoms with Crippen molar-refractivity contribution >= 4 is 11.9 Å². The zero-order chi connectivity index (χ0) is 21.7. The van der Waals surface area contributed by atoms with Crippen LogP contribution in [0.2, 0.25) is 0 Å². The molecule has 7 heteroatoms. The maximum absolute atomic E-state index is 12.1. The molecular weight excluding hydrogens is 388 g/mol. The van der Waals surface area contributed by atoms with Crippen LogP contribution in [0.4, 0.5) is 0 Å². The predicted octanol–water partition coefficient (Wildman–Crippen LogP) is 2.35. The lowest BCUT2D eigenvalue weighted by Gasteiger charge is -2.32. The van der Waals surface area contributed by atoms with E-state index in [0.29, 0.717) is 30.4 Å². The van der Waals surface area contributed by atoms with Crippen LogP contribution in [0.1, 0.15) is 50.2 Å². The van der Waals surface area contributed by atoms with E-state index in [0.717, 1.165) is 36.8 Å². The van der Waals surface area contributed by atoms with Gasteiger partial charge >= 0.3 is 11.9 Å². The van der Waals surface area contributed by atoms with E-state index in [1.54, 1.807) is 0 Å². The van der Waals surface area contributed by atoms with Crippen LogP contribution in [0, 0.1) is 17.8 Å². The van der Waals surface area contributed by atoms with Crippen molar-refractivity contribution in [3.63, 3.8) is 0 Å². The molecule has 1 aromatic carbocycles. The minimum Gasteiger partial charge on any atom is -0.482 e. The molecule has 0 unspecified atom stereocenters. The van der Waals surface area contributed by atoms with E-state index in [1.165, 1.54) is 0 Å². The van der Waals surface area contributed by atoms with Gasteiger partial charge in [-0.1, -0.05) is 19.1 Å². The molecule has 166 valence electrons. The third-order valence-electron chi connectivity index (χ3n) is 6.57. The van der Waals surface area contributed by atoms with Gasteiger partial charge in [0.25, 0.3) is 0 Å². The Morgan fingerprint density at radius 2 is 2.07 bits per heavy atom. The normalized spacial score (nSPS) is 25.8. The molecular formula is C23H32O7. The number of aliphatic carboxylic acids is 1. The molecule has 0 aromatic heterocycles. The minimum absolute atomic E-state index is 0.0104. The lowest BCUT2D eigenvalue weighted by molar-refractivity contribution is -0.152. The molecule has 30 heavy (non-hydrogen) atoms. The summed E-state index contributed by atoms with van der Waals surface area (Å²) in [5.41, 5.74) is 2.21. The second-order valence-corrected chi connectivity index (χ2v) is 8.45. The highest BCUT2D eigenvalue weighted by atomic mass is 16.5. The summed E-state index contributed by atoms with van der Waals surface area (Å²) in [5.74, 6) is 0.0336. The largest absolute Gasteiger partial charge is 0.482 e. The van der Waals surface area contributed by atoms with Gasteiger partial charge in [0.15, 0.2) is 6.61 Å². The standard InChI is InChI=1S/C23H32O7/c1-2-16(25)6-7-17-18-10-14-4-3-5-20(29-13-22(26)27)19(14)11-15(18)12-21(17)30-23(28)8-9-24/h3-5,15-18,21,24-25H,2,6-13H2,1H3,(H,26,27)/t15-,16-,17+,18-,21+/m0/s1. The molecule has 1 aromatic rings. The summed E-state index contributed by atoms with van der Waals surface area (Å²) in [7, 11) is 0. The number of carboxylic acid groups (broad SMARTS) is 1. The molecule has 0 saturated heterocycles. The van der Waals surface area contributed by atoms with Crippen molar-refractivity contribution in [2.24, 2.45) is 17.8 Å². The number of ether oxygens (including phenoxy) is 2. The van der Waals surface area contributed by atoms with Gasteiger partial charge in [-0.3, -0.25) is 4.79 Å². The van der Waals surface area contributed by atoms with Gasteiger partial charge in [0.05, 0.1) is 19.1 Å². The van der Waals surface area contributed by atoms with Gasteiger partial charge in [0.1, 0.15) is 11.9 Å². The highest BCUT2D eigenvalue weighted by Crippen LogP contribution is 2.49. The quantitative estimate of drug-likeness (QED) is 0.498. The first-order valence-electron chi connectivity index (χ1n) is 10.9. The monoisotopic (exact) mass is 420 g/mol. The molecule has 1 saturated carbocycles. The Hall–Kier alpha value is -2.12. The average molecular weight is 421 g/mol. The molecule has 1 fully saturated rings. The molecule has 3 N–H and O–H groups in total. The van der Waals surface area contributed by atoms with E-state index >= 15 is 0 Å².